The lowest BCUT2D eigenvalue weighted by molar-refractivity contribution is 0.133. The lowest BCUT2D eigenvalue weighted by Gasteiger charge is -2.10. The van der Waals surface area contributed by atoms with Gasteiger partial charge in [0.05, 0.1) is 0 Å². The second-order valence-electron chi connectivity index (χ2n) is 3.66. The Labute approximate surface area is 94.0 Å². The molecule has 1 aromatic rings. The van der Waals surface area contributed by atoms with E-state index < -0.39 is 5.67 Å². The third-order valence-corrected chi connectivity index (χ3v) is 2.43. The summed E-state index contributed by atoms with van der Waals surface area (Å²) in [6.07, 6.45) is 2.10. The van der Waals surface area contributed by atoms with Crippen LogP contribution < -0.4 is 5.32 Å². The highest BCUT2D eigenvalue weighted by Crippen LogP contribution is 2.30. The van der Waals surface area contributed by atoms with Crippen molar-refractivity contribution in [2.45, 2.75) is 31.9 Å². The summed E-state index contributed by atoms with van der Waals surface area (Å²) < 4.78 is 19.0. The van der Waals surface area contributed by atoms with Crippen LogP contribution in [0.4, 0.5) is 4.39 Å². The lowest BCUT2D eigenvalue weighted by Crippen LogP contribution is -2.23. The molecule has 0 bridgehead atoms. The van der Waals surface area contributed by atoms with E-state index in [1.54, 1.807) is 0 Å². The van der Waals surface area contributed by atoms with Crippen molar-refractivity contribution in [2.75, 3.05) is 13.1 Å². The summed E-state index contributed by atoms with van der Waals surface area (Å²) in [5.41, 5.74) is -1.45. The zero-order chi connectivity index (χ0) is 10.0. The SMILES string of the molecule is CCCc1noc(C2(F)CCNC2)n1.Cl. The molecule has 1 unspecified atom stereocenters. The molecule has 2 rings (SSSR count). The molecular weight excluding hydrogens is 221 g/mol. The van der Waals surface area contributed by atoms with E-state index in [0.717, 1.165) is 12.8 Å². The molecule has 0 aliphatic carbocycles. The van der Waals surface area contributed by atoms with E-state index in [4.69, 9.17) is 4.52 Å². The topological polar surface area (TPSA) is 51.0 Å². The van der Waals surface area contributed by atoms with Crippen LogP contribution in [0, 0.1) is 0 Å². The highest BCUT2D eigenvalue weighted by Gasteiger charge is 2.41. The summed E-state index contributed by atoms with van der Waals surface area (Å²) in [6, 6.07) is 0. The first-order valence-corrected chi connectivity index (χ1v) is 4.97. The molecule has 1 saturated heterocycles. The average molecular weight is 236 g/mol. The number of nitrogens with one attached hydrogen (secondary N) is 1. The van der Waals surface area contributed by atoms with Crippen LogP contribution in [0.25, 0.3) is 0 Å². The van der Waals surface area contributed by atoms with Gasteiger partial charge in [-0.05, 0) is 13.0 Å². The molecule has 1 atom stereocenters. The van der Waals surface area contributed by atoms with Gasteiger partial charge in [0.2, 0.25) is 5.67 Å². The molecule has 6 heteroatoms. The van der Waals surface area contributed by atoms with Crippen molar-refractivity contribution in [3.63, 3.8) is 0 Å². The van der Waals surface area contributed by atoms with E-state index in [2.05, 4.69) is 15.5 Å². The highest BCUT2D eigenvalue weighted by molar-refractivity contribution is 5.85. The van der Waals surface area contributed by atoms with Gasteiger partial charge >= 0.3 is 0 Å². The molecule has 1 aromatic heterocycles. The number of nitrogens with zero attached hydrogens (tertiary/aromatic N) is 2. The zero-order valence-electron chi connectivity index (χ0n) is 8.62. The van der Waals surface area contributed by atoms with Gasteiger partial charge in [0.25, 0.3) is 5.89 Å². The molecule has 15 heavy (non-hydrogen) atoms. The number of alkyl halides is 1. The summed E-state index contributed by atoms with van der Waals surface area (Å²) in [5, 5.41) is 6.69. The van der Waals surface area contributed by atoms with Gasteiger partial charge in [-0.25, -0.2) is 4.39 Å². The number of aromatic nitrogens is 2. The van der Waals surface area contributed by atoms with E-state index in [-0.39, 0.29) is 24.8 Å². The van der Waals surface area contributed by atoms with Crippen molar-refractivity contribution in [2.24, 2.45) is 0 Å². The molecule has 0 spiro atoms. The fourth-order valence-corrected chi connectivity index (χ4v) is 1.61. The Bertz CT molecular complexity index is 312. The fraction of sp³-hybridized carbons (Fsp3) is 0.778. The van der Waals surface area contributed by atoms with E-state index in [1.807, 2.05) is 6.92 Å². The van der Waals surface area contributed by atoms with E-state index in [1.165, 1.54) is 0 Å². The number of aryl methyl sites for hydroxylation is 1. The minimum Gasteiger partial charge on any atom is -0.336 e. The van der Waals surface area contributed by atoms with E-state index >= 15 is 0 Å². The van der Waals surface area contributed by atoms with Crippen LogP contribution in [-0.2, 0) is 12.1 Å². The minimum atomic E-state index is -1.45. The maximum Gasteiger partial charge on any atom is 0.265 e. The second-order valence-corrected chi connectivity index (χ2v) is 3.66. The van der Waals surface area contributed by atoms with E-state index in [0.29, 0.717) is 18.8 Å². The standard InChI is InChI=1S/C9H14FN3O.ClH/c1-2-3-7-12-8(14-13-7)9(10)4-5-11-6-9;/h11H,2-6H2,1H3;1H. The number of rotatable bonds is 3. The van der Waals surface area contributed by atoms with Gasteiger partial charge in [-0.15, -0.1) is 12.4 Å². The Morgan fingerprint density at radius 1 is 1.60 bits per heavy atom. The Kier molecular flexibility index (Phi) is 4.04. The number of hydrogen-bond acceptors (Lipinski definition) is 4. The van der Waals surface area contributed by atoms with Gasteiger partial charge in [-0.2, -0.15) is 4.98 Å². The molecule has 0 radical (unpaired) electrons. The van der Waals surface area contributed by atoms with Crippen LogP contribution >= 0.6 is 12.4 Å². The van der Waals surface area contributed by atoms with E-state index in [9.17, 15) is 4.39 Å². The Hall–Kier alpha value is -0.680. The second kappa shape index (κ2) is 4.90. The van der Waals surface area contributed by atoms with Gasteiger partial charge in [-0.1, -0.05) is 12.1 Å². The van der Waals surface area contributed by atoms with Crippen LogP contribution in [0.5, 0.6) is 0 Å². The molecule has 4 nitrogen and oxygen atoms in total. The molecule has 0 aromatic carbocycles. The summed E-state index contributed by atoms with van der Waals surface area (Å²) in [6.45, 7) is 2.97. The lowest BCUT2D eigenvalue weighted by atomic mass is 10.1. The summed E-state index contributed by atoms with van der Waals surface area (Å²) in [7, 11) is 0. The smallest absolute Gasteiger partial charge is 0.265 e. The normalized spacial score (nSPS) is 25.2. The van der Waals surface area contributed by atoms with Crippen molar-refractivity contribution < 1.29 is 8.91 Å². The van der Waals surface area contributed by atoms with Crippen LogP contribution in [0.2, 0.25) is 0 Å². The number of halogens is 2. The van der Waals surface area contributed by atoms with Crippen LogP contribution in [0.1, 0.15) is 31.5 Å². The first-order chi connectivity index (χ1) is 6.74. The van der Waals surface area contributed by atoms with Gasteiger partial charge < -0.3 is 9.84 Å². The summed E-state index contributed by atoms with van der Waals surface area (Å²) in [4.78, 5) is 4.06. The predicted molar refractivity (Wildman–Crippen MR) is 55.8 cm³/mol. The third-order valence-electron chi connectivity index (χ3n) is 2.43. The van der Waals surface area contributed by atoms with Crippen LogP contribution in [0.15, 0.2) is 4.52 Å². The molecule has 1 N–H and O–H groups in total. The zero-order valence-corrected chi connectivity index (χ0v) is 9.44. The first-order valence-electron chi connectivity index (χ1n) is 4.97. The molecule has 86 valence electrons. The Morgan fingerprint density at radius 3 is 3.00 bits per heavy atom. The maximum absolute atomic E-state index is 14.0. The molecule has 0 amide bonds. The maximum atomic E-state index is 14.0. The van der Waals surface area contributed by atoms with Crippen LogP contribution in [0.3, 0.4) is 0 Å². The molecular formula is C9H15ClFN3O. The largest absolute Gasteiger partial charge is 0.336 e. The molecule has 0 saturated carbocycles. The number of hydrogen-bond donors (Lipinski definition) is 1. The van der Waals surface area contributed by atoms with Crippen molar-refractivity contribution in [3.05, 3.63) is 11.7 Å². The Balaban J connectivity index is 0.00000112. The summed E-state index contributed by atoms with van der Waals surface area (Å²) in [5.74, 6) is 0.734. The van der Waals surface area contributed by atoms with Gasteiger partial charge in [0.1, 0.15) is 0 Å². The van der Waals surface area contributed by atoms with Gasteiger partial charge in [0.15, 0.2) is 5.82 Å². The van der Waals surface area contributed by atoms with Crippen molar-refractivity contribution in [1.29, 1.82) is 0 Å². The molecule has 1 aliphatic rings. The first kappa shape index (κ1) is 12.4. The molecule has 1 aliphatic heterocycles. The monoisotopic (exact) mass is 235 g/mol. The summed E-state index contributed by atoms with van der Waals surface area (Å²) >= 11 is 0. The fourth-order valence-electron chi connectivity index (χ4n) is 1.61. The van der Waals surface area contributed by atoms with Crippen molar-refractivity contribution in [1.82, 2.24) is 15.5 Å². The third kappa shape index (κ3) is 2.46. The predicted octanol–water partition coefficient (Wildman–Crippen LogP) is 1.60. The van der Waals surface area contributed by atoms with Gasteiger partial charge in [-0.3, -0.25) is 0 Å². The molecule has 1 fully saturated rings. The average Bonchev–Trinajstić information content (AvgIpc) is 2.75. The van der Waals surface area contributed by atoms with Crippen molar-refractivity contribution in [3.8, 4) is 0 Å². The Morgan fingerprint density at radius 2 is 2.40 bits per heavy atom. The van der Waals surface area contributed by atoms with Crippen molar-refractivity contribution >= 4 is 12.4 Å². The van der Waals surface area contributed by atoms with Crippen LogP contribution in [-0.4, -0.2) is 23.2 Å². The minimum absolute atomic E-state index is 0. The highest BCUT2D eigenvalue weighted by atomic mass is 35.5. The quantitative estimate of drug-likeness (QED) is 0.865. The molecule has 2 heterocycles. The van der Waals surface area contributed by atoms with Gasteiger partial charge in [0, 0.05) is 19.4 Å².